The molecule has 0 aliphatic rings. The van der Waals surface area contributed by atoms with Crippen molar-refractivity contribution < 1.29 is 4.79 Å². The normalized spacial score (nSPS) is 10.8. The Morgan fingerprint density at radius 2 is 1.96 bits per heavy atom. The fourth-order valence-electron chi connectivity index (χ4n) is 2.77. The van der Waals surface area contributed by atoms with Gasteiger partial charge in [-0.2, -0.15) is 0 Å². The largest absolute Gasteiger partial charge is 0.350 e. The van der Waals surface area contributed by atoms with Crippen LogP contribution in [0.2, 0.25) is 0 Å². The zero-order valence-corrected chi connectivity index (χ0v) is 14.1. The maximum absolute atomic E-state index is 12.1. The first kappa shape index (κ1) is 16.1. The van der Waals surface area contributed by atoms with Crippen molar-refractivity contribution in [2.24, 2.45) is 7.05 Å². The molecule has 124 valence electrons. The van der Waals surface area contributed by atoms with Gasteiger partial charge in [-0.1, -0.05) is 30.3 Å². The van der Waals surface area contributed by atoms with Crippen molar-refractivity contribution in [2.75, 3.05) is 6.54 Å². The van der Waals surface area contributed by atoms with Crippen LogP contribution >= 0.6 is 0 Å². The molecule has 0 bridgehead atoms. The Balaban J connectivity index is 1.62. The summed E-state index contributed by atoms with van der Waals surface area (Å²) in [4.78, 5) is 16.6. The van der Waals surface area contributed by atoms with Gasteiger partial charge in [0.2, 0.25) is 0 Å². The van der Waals surface area contributed by atoms with E-state index in [4.69, 9.17) is 0 Å². The van der Waals surface area contributed by atoms with Crippen LogP contribution in [0.4, 0.5) is 0 Å². The standard InChI is InChI=1S/C19H22N4O/c1-15-13-21-18(23(15)14-16-7-4-3-5-8-16)10-11-20-19(24)17-9-6-12-22(17)2/h3-9,12-13H,10-11,14H2,1-2H3,(H,20,24). The lowest BCUT2D eigenvalue weighted by molar-refractivity contribution is 0.0946. The van der Waals surface area contributed by atoms with Gasteiger partial charge in [-0.25, -0.2) is 4.98 Å². The van der Waals surface area contributed by atoms with Gasteiger partial charge in [0.25, 0.3) is 5.91 Å². The fourth-order valence-corrected chi connectivity index (χ4v) is 2.77. The third-order valence-electron chi connectivity index (χ3n) is 4.13. The van der Waals surface area contributed by atoms with E-state index in [-0.39, 0.29) is 5.91 Å². The molecule has 5 heteroatoms. The van der Waals surface area contributed by atoms with E-state index in [1.54, 1.807) is 0 Å². The van der Waals surface area contributed by atoms with E-state index in [2.05, 4.69) is 33.9 Å². The molecule has 2 aromatic heterocycles. The molecule has 0 aliphatic carbocycles. The first-order valence-corrected chi connectivity index (χ1v) is 8.09. The van der Waals surface area contributed by atoms with Gasteiger partial charge in [0, 0.05) is 44.6 Å². The number of nitrogens with one attached hydrogen (secondary N) is 1. The monoisotopic (exact) mass is 322 g/mol. The van der Waals surface area contributed by atoms with Crippen LogP contribution in [-0.4, -0.2) is 26.6 Å². The second kappa shape index (κ2) is 7.17. The predicted octanol–water partition coefficient (Wildman–Crippen LogP) is 2.55. The topological polar surface area (TPSA) is 51.9 Å². The Bertz CT molecular complexity index is 817. The number of hydrogen-bond acceptors (Lipinski definition) is 2. The molecular weight excluding hydrogens is 300 g/mol. The maximum Gasteiger partial charge on any atom is 0.267 e. The summed E-state index contributed by atoms with van der Waals surface area (Å²) in [7, 11) is 1.87. The molecule has 3 aromatic rings. The lowest BCUT2D eigenvalue weighted by atomic mass is 10.2. The summed E-state index contributed by atoms with van der Waals surface area (Å²) in [6.07, 6.45) is 4.46. The zero-order valence-electron chi connectivity index (χ0n) is 14.1. The second-order valence-electron chi connectivity index (χ2n) is 5.90. The predicted molar refractivity (Wildman–Crippen MR) is 94.0 cm³/mol. The summed E-state index contributed by atoms with van der Waals surface area (Å²) in [5.41, 5.74) is 3.04. The molecule has 1 N–H and O–H groups in total. The zero-order chi connectivity index (χ0) is 16.9. The molecule has 0 fully saturated rings. The molecule has 0 radical (unpaired) electrons. The molecule has 1 aromatic carbocycles. The van der Waals surface area contributed by atoms with Gasteiger partial charge < -0.3 is 14.5 Å². The fraction of sp³-hybridized carbons (Fsp3) is 0.263. The highest BCUT2D eigenvalue weighted by Gasteiger charge is 2.10. The highest BCUT2D eigenvalue weighted by Crippen LogP contribution is 2.10. The Kier molecular flexibility index (Phi) is 4.79. The number of imidazole rings is 1. The summed E-state index contributed by atoms with van der Waals surface area (Å²) in [6, 6.07) is 14.0. The third kappa shape index (κ3) is 3.56. The molecule has 3 rings (SSSR count). The van der Waals surface area contributed by atoms with Crippen LogP contribution in [0.15, 0.2) is 54.9 Å². The number of aryl methyl sites for hydroxylation is 2. The van der Waals surface area contributed by atoms with Crippen molar-refractivity contribution in [1.29, 1.82) is 0 Å². The molecular formula is C19H22N4O. The third-order valence-corrected chi connectivity index (χ3v) is 4.13. The summed E-state index contributed by atoms with van der Waals surface area (Å²) < 4.78 is 4.01. The van der Waals surface area contributed by atoms with E-state index in [9.17, 15) is 4.79 Å². The SMILES string of the molecule is Cc1cnc(CCNC(=O)c2cccn2C)n1Cc1ccccc1. The number of benzene rings is 1. The number of amides is 1. The average Bonchev–Trinajstić information content (AvgIpc) is 3.16. The molecule has 0 spiro atoms. The number of carbonyl (C=O) groups excluding carboxylic acids is 1. The smallest absolute Gasteiger partial charge is 0.267 e. The van der Waals surface area contributed by atoms with Crippen molar-refractivity contribution in [3.05, 3.63) is 77.6 Å². The van der Waals surface area contributed by atoms with Gasteiger partial charge in [-0.3, -0.25) is 4.79 Å². The van der Waals surface area contributed by atoms with Crippen molar-refractivity contribution >= 4 is 5.91 Å². The van der Waals surface area contributed by atoms with Crippen LogP contribution in [0.1, 0.15) is 27.6 Å². The summed E-state index contributed by atoms with van der Waals surface area (Å²) in [5.74, 6) is 0.934. The summed E-state index contributed by atoms with van der Waals surface area (Å²) in [6.45, 7) is 3.42. The number of rotatable bonds is 6. The Morgan fingerprint density at radius 3 is 2.67 bits per heavy atom. The van der Waals surface area contributed by atoms with Crippen LogP contribution in [-0.2, 0) is 20.0 Å². The van der Waals surface area contributed by atoms with E-state index in [1.165, 1.54) is 5.56 Å². The van der Waals surface area contributed by atoms with E-state index in [1.807, 2.05) is 54.3 Å². The molecule has 0 atom stereocenters. The van der Waals surface area contributed by atoms with Gasteiger partial charge in [0.05, 0.1) is 0 Å². The molecule has 0 aliphatic heterocycles. The Morgan fingerprint density at radius 1 is 1.17 bits per heavy atom. The minimum atomic E-state index is -0.0552. The number of nitrogens with zero attached hydrogens (tertiary/aromatic N) is 3. The van der Waals surface area contributed by atoms with Gasteiger partial charge in [-0.15, -0.1) is 0 Å². The van der Waals surface area contributed by atoms with Crippen LogP contribution < -0.4 is 5.32 Å². The Hall–Kier alpha value is -2.82. The summed E-state index contributed by atoms with van der Waals surface area (Å²) in [5, 5.41) is 2.96. The molecule has 24 heavy (non-hydrogen) atoms. The quantitative estimate of drug-likeness (QED) is 0.758. The lowest BCUT2D eigenvalue weighted by Crippen LogP contribution is -2.28. The van der Waals surface area contributed by atoms with Crippen molar-refractivity contribution in [2.45, 2.75) is 19.9 Å². The highest BCUT2D eigenvalue weighted by molar-refractivity contribution is 5.92. The van der Waals surface area contributed by atoms with Crippen LogP contribution in [0, 0.1) is 6.92 Å². The van der Waals surface area contributed by atoms with Crippen molar-refractivity contribution in [1.82, 2.24) is 19.4 Å². The van der Waals surface area contributed by atoms with Gasteiger partial charge in [-0.05, 0) is 24.6 Å². The summed E-state index contributed by atoms with van der Waals surface area (Å²) >= 11 is 0. The van der Waals surface area contributed by atoms with E-state index in [0.717, 1.165) is 18.1 Å². The second-order valence-corrected chi connectivity index (χ2v) is 5.90. The van der Waals surface area contributed by atoms with Gasteiger partial charge in [0.1, 0.15) is 11.5 Å². The molecule has 2 heterocycles. The van der Waals surface area contributed by atoms with Crippen LogP contribution in [0.3, 0.4) is 0 Å². The molecule has 0 saturated heterocycles. The minimum absolute atomic E-state index is 0.0552. The van der Waals surface area contributed by atoms with Crippen LogP contribution in [0.5, 0.6) is 0 Å². The number of carbonyl (C=O) groups is 1. The molecule has 1 amide bonds. The molecule has 0 unspecified atom stereocenters. The van der Waals surface area contributed by atoms with Crippen LogP contribution in [0.25, 0.3) is 0 Å². The highest BCUT2D eigenvalue weighted by atomic mass is 16.1. The van der Waals surface area contributed by atoms with E-state index >= 15 is 0 Å². The maximum atomic E-state index is 12.1. The molecule has 5 nitrogen and oxygen atoms in total. The minimum Gasteiger partial charge on any atom is -0.350 e. The average molecular weight is 322 g/mol. The Labute approximate surface area is 142 Å². The first-order valence-electron chi connectivity index (χ1n) is 8.09. The molecule has 0 saturated carbocycles. The number of aromatic nitrogens is 3. The van der Waals surface area contributed by atoms with E-state index < -0.39 is 0 Å². The first-order chi connectivity index (χ1) is 11.6. The van der Waals surface area contributed by atoms with E-state index in [0.29, 0.717) is 18.7 Å². The lowest BCUT2D eigenvalue weighted by Gasteiger charge is -2.11. The van der Waals surface area contributed by atoms with Gasteiger partial charge in [0.15, 0.2) is 0 Å². The number of hydrogen-bond donors (Lipinski definition) is 1. The van der Waals surface area contributed by atoms with Crippen molar-refractivity contribution in [3.63, 3.8) is 0 Å². The van der Waals surface area contributed by atoms with Crippen molar-refractivity contribution in [3.8, 4) is 0 Å². The van der Waals surface area contributed by atoms with Gasteiger partial charge >= 0.3 is 0 Å².